The molecule has 11 heteroatoms. The van der Waals surface area contributed by atoms with E-state index in [0.29, 0.717) is 11.1 Å². The number of hydrogen-bond acceptors (Lipinski definition) is 6. The SMILES string of the molecule is CCS(=O)(=O)c1cc(-c2ccncc2)cnc1-c1nc2cc(C(F)(F)F)ncc2n1C. The van der Waals surface area contributed by atoms with E-state index in [-0.39, 0.29) is 27.7 Å². The average molecular weight is 447 g/mol. The van der Waals surface area contributed by atoms with Crippen molar-refractivity contribution in [3.63, 3.8) is 0 Å². The molecule has 31 heavy (non-hydrogen) atoms. The van der Waals surface area contributed by atoms with Gasteiger partial charge in [-0.3, -0.25) is 9.97 Å². The lowest BCUT2D eigenvalue weighted by molar-refractivity contribution is -0.141. The van der Waals surface area contributed by atoms with Gasteiger partial charge in [-0.25, -0.2) is 18.4 Å². The van der Waals surface area contributed by atoms with E-state index < -0.39 is 21.7 Å². The monoisotopic (exact) mass is 447 g/mol. The number of imidazole rings is 1. The first-order valence-corrected chi connectivity index (χ1v) is 10.8. The summed E-state index contributed by atoms with van der Waals surface area (Å²) < 4.78 is 66.2. The van der Waals surface area contributed by atoms with Crippen LogP contribution in [0.3, 0.4) is 0 Å². The highest BCUT2D eigenvalue weighted by Gasteiger charge is 2.33. The summed E-state index contributed by atoms with van der Waals surface area (Å²) >= 11 is 0. The fourth-order valence-corrected chi connectivity index (χ4v) is 4.22. The quantitative estimate of drug-likeness (QED) is 0.471. The number of nitrogens with zero attached hydrogens (tertiary/aromatic N) is 5. The molecule has 0 bridgehead atoms. The van der Waals surface area contributed by atoms with E-state index in [1.165, 1.54) is 23.8 Å². The normalized spacial score (nSPS) is 12.4. The first kappa shape index (κ1) is 20.9. The lowest BCUT2D eigenvalue weighted by atomic mass is 10.1. The van der Waals surface area contributed by atoms with Gasteiger partial charge in [0.2, 0.25) is 0 Å². The molecule has 0 aliphatic carbocycles. The van der Waals surface area contributed by atoms with Gasteiger partial charge in [-0.15, -0.1) is 0 Å². The number of fused-ring (bicyclic) bond motifs is 1. The molecule has 0 aliphatic heterocycles. The molecule has 0 atom stereocenters. The summed E-state index contributed by atoms with van der Waals surface area (Å²) in [6.45, 7) is 1.51. The second-order valence-corrected chi connectivity index (χ2v) is 9.01. The maximum Gasteiger partial charge on any atom is 0.433 e. The molecular weight excluding hydrogens is 431 g/mol. The predicted octanol–water partition coefficient (Wildman–Crippen LogP) is 3.90. The van der Waals surface area contributed by atoms with Crippen molar-refractivity contribution in [1.29, 1.82) is 0 Å². The van der Waals surface area contributed by atoms with Crippen LogP contribution in [0.25, 0.3) is 33.7 Å². The highest BCUT2D eigenvalue weighted by atomic mass is 32.2. The Kier molecular flexibility index (Phi) is 5.00. The molecule has 4 aromatic heterocycles. The van der Waals surface area contributed by atoms with Crippen LogP contribution in [-0.4, -0.2) is 38.7 Å². The highest BCUT2D eigenvalue weighted by molar-refractivity contribution is 7.91. The van der Waals surface area contributed by atoms with Crippen LogP contribution in [-0.2, 0) is 23.1 Å². The van der Waals surface area contributed by atoms with Gasteiger partial charge < -0.3 is 4.57 Å². The maximum absolute atomic E-state index is 13.0. The van der Waals surface area contributed by atoms with Gasteiger partial charge in [0.25, 0.3) is 0 Å². The van der Waals surface area contributed by atoms with Gasteiger partial charge in [0, 0.05) is 31.2 Å². The van der Waals surface area contributed by atoms with Crippen LogP contribution >= 0.6 is 0 Å². The van der Waals surface area contributed by atoms with Crippen LogP contribution in [0.5, 0.6) is 0 Å². The van der Waals surface area contributed by atoms with Crippen LogP contribution in [0.4, 0.5) is 13.2 Å². The third kappa shape index (κ3) is 3.76. The second kappa shape index (κ2) is 7.41. The molecule has 4 rings (SSSR count). The Balaban J connectivity index is 1.95. The Hall–Kier alpha value is -3.34. The van der Waals surface area contributed by atoms with Crippen LogP contribution in [0, 0.1) is 0 Å². The number of halogens is 3. The molecule has 0 aromatic carbocycles. The van der Waals surface area contributed by atoms with Crippen molar-refractivity contribution in [3.8, 4) is 22.6 Å². The molecule has 0 aliphatic rings. The summed E-state index contributed by atoms with van der Waals surface area (Å²) in [6, 6.07) is 5.77. The van der Waals surface area contributed by atoms with E-state index in [0.717, 1.165) is 17.8 Å². The average Bonchev–Trinajstić information content (AvgIpc) is 3.09. The first-order chi connectivity index (χ1) is 14.6. The fourth-order valence-electron chi connectivity index (χ4n) is 3.16. The third-order valence-electron chi connectivity index (χ3n) is 4.85. The van der Waals surface area contributed by atoms with Crippen molar-refractivity contribution in [1.82, 2.24) is 24.5 Å². The predicted molar refractivity (Wildman–Crippen MR) is 108 cm³/mol. The smallest absolute Gasteiger partial charge is 0.324 e. The number of sulfone groups is 1. The van der Waals surface area contributed by atoms with Gasteiger partial charge in [-0.2, -0.15) is 13.2 Å². The Morgan fingerprint density at radius 3 is 2.39 bits per heavy atom. The fraction of sp³-hybridized carbons (Fsp3) is 0.200. The summed E-state index contributed by atoms with van der Waals surface area (Å²) in [6.07, 6.45) is 1.10. The van der Waals surface area contributed by atoms with Crippen LogP contribution in [0.15, 0.2) is 53.9 Å². The molecule has 160 valence electrons. The molecule has 0 amide bonds. The molecule has 0 saturated heterocycles. The number of pyridine rings is 3. The lowest BCUT2D eigenvalue weighted by Gasteiger charge is -2.11. The molecule has 0 saturated carbocycles. The summed E-state index contributed by atoms with van der Waals surface area (Å²) in [7, 11) is -2.15. The standard InChI is InChI=1S/C20H16F3N5O2S/c1-3-31(29,30)16-8-13(12-4-6-24-7-5-12)10-26-18(16)19-27-14-9-17(20(21,22)23)25-11-15(14)28(19)2/h4-11H,3H2,1-2H3. The topological polar surface area (TPSA) is 90.6 Å². The van der Waals surface area contributed by atoms with Crippen molar-refractivity contribution in [2.24, 2.45) is 7.05 Å². The van der Waals surface area contributed by atoms with Crippen LogP contribution in [0.2, 0.25) is 0 Å². The zero-order valence-corrected chi connectivity index (χ0v) is 17.2. The summed E-state index contributed by atoms with van der Waals surface area (Å²) in [5.74, 6) is -0.0463. The molecule has 0 radical (unpaired) electrons. The van der Waals surface area contributed by atoms with E-state index in [1.54, 1.807) is 31.6 Å². The Morgan fingerprint density at radius 1 is 1.03 bits per heavy atom. The number of rotatable bonds is 4. The molecule has 0 spiro atoms. The Bertz CT molecular complexity index is 1380. The molecule has 4 heterocycles. The molecule has 4 aromatic rings. The van der Waals surface area contributed by atoms with Crippen LogP contribution < -0.4 is 0 Å². The van der Waals surface area contributed by atoms with E-state index >= 15 is 0 Å². The summed E-state index contributed by atoms with van der Waals surface area (Å²) in [4.78, 5) is 15.9. The molecule has 0 unspecified atom stereocenters. The molecular formula is C20H16F3N5O2S. The number of alkyl halides is 3. The van der Waals surface area contributed by atoms with E-state index in [2.05, 4.69) is 19.9 Å². The van der Waals surface area contributed by atoms with Crippen molar-refractivity contribution in [2.75, 3.05) is 5.75 Å². The van der Waals surface area contributed by atoms with Crippen molar-refractivity contribution >= 4 is 20.9 Å². The minimum Gasteiger partial charge on any atom is -0.324 e. The van der Waals surface area contributed by atoms with Crippen molar-refractivity contribution < 1.29 is 21.6 Å². The van der Waals surface area contributed by atoms with Gasteiger partial charge in [0.15, 0.2) is 15.7 Å². The largest absolute Gasteiger partial charge is 0.433 e. The molecule has 0 fully saturated rings. The van der Waals surface area contributed by atoms with Gasteiger partial charge in [-0.1, -0.05) is 6.92 Å². The van der Waals surface area contributed by atoms with E-state index in [4.69, 9.17) is 0 Å². The molecule has 7 nitrogen and oxygen atoms in total. The third-order valence-corrected chi connectivity index (χ3v) is 6.59. The number of aromatic nitrogens is 5. The number of aryl methyl sites for hydroxylation is 1. The van der Waals surface area contributed by atoms with E-state index in [1.807, 2.05) is 0 Å². The van der Waals surface area contributed by atoms with Crippen molar-refractivity contribution in [2.45, 2.75) is 18.0 Å². The van der Waals surface area contributed by atoms with Crippen LogP contribution in [0.1, 0.15) is 12.6 Å². The van der Waals surface area contributed by atoms with Gasteiger partial charge >= 0.3 is 6.18 Å². The highest BCUT2D eigenvalue weighted by Crippen LogP contribution is 2.33. The van der Waals surface area contributed by atoms with Gasteiger partial charge in [0.05, 0.1) is 27.9 Å². The van der Waals surface area contributed by atoms with Crippen molar-refractivity contribution in [3.05, 3.63) is 54.7 Å². The lowest BCUT2D eigenvalue weighted by Crippen LogP contribution is -2.09. The maximum atomic E-state index is 13.0. The minimum absolute atomic E-state index is 0.0414. The second-order valence-electron chi connectivity index (χ2n) is 6.76. The van der Waals surface area contributed by atoms with E-state index in [9.17, 15) is 21.6 Å². The Labute approximate surface area is 175 Å². The minimum atomic E-state index is -4.62. The van der Waals surface area contributed by atoms with Gasteiger partial charge in [-0.05, 0) is 29.8 Å². The van der Waals surface area contributed by atoms with Gasteiger partial charge in [0.1, 0.15) is 11.4 Å². The summed E-state index contributed by atoms with van der Waals surface area (Å²) in [5, 5.41) is 0. The zero-order chi connectivity index (χ0) is 22.4. The summed E-state index contributed by atoms with van der Waals surface area (Å²) in [5.41, 5.74) is 0.644. The first-order valence-electron chi connectivity index (χ1n) is 9.15. The Morgan fingerprint density at radius 2 is 1.74 bits per heavy atom. The number of hydrogen-bond donors (Lipinski definition) is 0. The molecule has 0 N–H and O–H groups in total. The zero-order valence-electron chi connectivity index (χ0n) is 16.4.